The molecule has 0 heterocycles. The quantitative estimate of drug-likeness (QED) is 0.534. The molecule has 1 saturated carbocycles. The van der Waals surface area contributed by atoms with Crippen molar-refractivity contribution in [1.29, 1.82) is 5.41 Å². The number of hydrogen-bond acceptors (Lipinski definition) is 3. The molecule has 1 aliphatic rings. The van der Waals surface area contributed by atoms with Crippen molar-refractivity contribution in [2.75, 3.05) is 14.2 Å². The monoisotopic (exact) mass is 213 g/mol. The van der Waals surface area contributed by atoms with E-state index in [0.29, 0.717) is 0 Å². The molecule has 86 valence electrons. The molecular weight excluding hydrogens is 194 g/mol. The minimum Gasteiger partial charge on any atom is -0.453 e. The lowest BCUT2D eigenvalue weighted by Gasteiger charge is -2.34. The third-order valence-corrected chi connectivity index (χ3v) is 3.10. The van der Waals surface area contributed by atoms with Gasteiger partial charge in [0.2, 0.25) is 0 Å². The Morgan fingerprint density at radius 2 is 2.20 bits per heavy atom. The Morgan fingerprint density at radius 1 is 1.53 bits per heavy atom. The second kappa shape index (κ2) is 5.00. The lowest BCUT2D eigenvalue weighted by Crippen LogP contribution is -2.42. The van der Waals surface area contributed by atoms with Gasteiger partial charge in [0, 0.05) is 19.0 Å². The van der Waals surface area contributed by atoms with Crippen molar-refractivity contribution in [1.82, 2.24) is 4.90 Å². The first-order valence-corrected chi connectivity index (χ1v) is 5.21. The number of carbonyl (C=O) groups is 1. The van der Waals surface area contributed by atoms with Crippen LogP contribution in [0.5, 0.6) is 0 Å². The Hall–Kier alpha value is -1.26. The van der Waals surface area contributed by atoms with Crippen LogP contribution in [0, 0.1) is 11.3 Å². The van der Waals surface area contributed by atoms with Crippen LogP contribution in [0.4, 0.5) is 4.79 Å². The zero-order valence-corrected chi connectivity index (χ0v) is 9.32. The van der Waals surface area contributed by atoms with Crippen molar-refractivity contribution in [2.24, 2.45) is 11.7 Å². The van der Waals surface area contributed by atoms with E-state index in [2.05, 4.69) is 4.74 Å². The van der Waals surface area contributed by atoms with Gasteiger partial charge < -0.3 is 15.4 Å². The van der Waals surface area contributed by atoms with E-state index < -0.39 is 0 Å². The number of nitrogens with two attached hydrogens (primary N) is 1. The van der Waals surface area contributed by atoms with E-state index in [9.17, 15) is 4.79 Å². The van der Waals surface area contributed by atoms with Gasteiger partial charge >= 0.3 is 6.09 Å². The molecule has 5 nitrogen and oxygen atoms in total. The van der Waals surface area contributed by atoms with Crippen LogP contribution in [0.1, 0.15) is 25.7 Å². The maximum absolute atomic E-state index is 11.3. The molecule has 0 saturated heterocycles. The highest BCUT2D eigenvalue weighted by atomic mass is 16.5. The summed E-state index contributed by atoms with van der Waals surface area (Å²) in [6.45, 7) is 0. The predicted molar refractivity (Wildman–Crippen MR) is 57.8 cm³/mol. The third-order valence-electron chi connectivity index (χ3n) is 3.10. The minimum atomic E-state index is -0.316. The predicted octanol–water partition coefficient (Wildman–Crippen LogP) is 1.18. The lowest BCUT2D eigenvalue weighted by atomic mass is 9.84. The first-order chi connectivity index (χ1) is 7.06. The highest BCUT2D eigenvalue weighted by Crippen LogP contribution is 2.27. The van der Waals surface area contributed by atoms with Gasteiger partial charge in [0.15, 0.2) is 0 Å². The van der Waals surface area contributed by atoms with Crippen molar-refractivity contribution in [2.45, 2.75) is 31.7 Å². The molecule has 1 fully saturated rings. The number of amides is 1. The van der Waals surface area contributed by atoms with E-state index in [4.69, 9.17) is 11.1 Å². The van der Waals surface area contributed by atoms with E-state index in [0.717, 1.165) is 25.7 Å². The molecule has 1 amide bonds. The molecule has 0 radical (unpaired) electrons. The van der Waals surface area contributed by atoms with Crippen molar-refractivity contribution in [3.63, 3.8) is 0 Å². The zero-order valence-electron chi connectivity index (χ0n) is 9.32. The van der Waals surface area contributed by atoms with Crippen LogP contribution in [0.25, 0.3) is 0 Å². The SMILES string of the molecule is COC(=O)N(C)C1CCCC(C(=N)N)C1. The summed E-state index contributed by atoms with van der Waals surface area (Å²) in [5.74, 6) is 0.355. The first-order valence-electron chi connectivity index (χ1n) is 5.21. The Bertz CT molecular complexity index is 255. The highest BCUT2D eigenvalue weighted by molar-refractivity contribution is 5.79. The number of amidine groups is 1. The largest absolute Gasteiger partial charge is 0.453 e. The molecule has 1 aliphatic carbocycles. The van der Waals surface area contributed by atoms with Crippen LogP contribution in [0.2, 0.25) is 0 Å². The highest BCUT2D eigenvalue weighted by Gasteiger charge is 2.28. The van der Waals surface area contributed by atoms with Gasteiger partial charge in [-0.3, -0.25) is 5.41 Å². The average molecular weight is 213 g/mol. The molecule has 0 aromatic rings. The number of rotatable bonds is 2. The molecule has 0 aromatic carbocycles. The van der Waals surface area contributed by atoms with Crippen molar-refractivity contribution in [3.8, 4) is 0 Å². The van der Waals surface area contributed by atoms with Gasteiger partial charge in [0.05, 0.1) is 12.9 Å². The smallest absolute Gasteiger partial charge is 0.409 e. The molecule has 0 aromatic heterocycles. The Kier molecular flexibility index (Phi) is 3.94. The van der Waals surface area contributed by atoms with Crippen LogP contribution in [0.3, 0.4) is 0 Å². The van der Waals surface area contributed by atoms with Crippen LogP contribution in [-0.4, -0.2) is 37.0 Å². The molecule has 2 unspecified atom stereocenters. The van der Waals surface area contributed by atoms with Crippen LogP contribution in [-0.2, 0) is 4.74 Å². The number of methoxy groups -OCH3 is 1. The molecule has 0 aliphatic heterocycles. The fraction of sp³-hybridized carbons (Fsp3) is 0.800. The summed E-state index contributed by atoms with van der Waals surface area (Å²) in [6.07, 6.45) is 3.40. The normalized spacial score (nSPS) is 25.7. The standard InChI is InChI=1S/C10H19N3O2/c1-13(10(14)15-2)8-5-3-4-7(6-8)9(11)12/h7-8H,3-6H2,1-2H3,(H3,11,12). The molecular formula is C10H19N3O2. The van der Waals surface area contributed by atoms with E-state index >= 15 is 0 Å². The summed E-state index contributed by atoms with van der Waals surface area (Å²) in [6, 6.07) is 0.153. The summed E-state index contributed by atoms with van der Waals surface area (Å²) < 4.78 is 4.66. The van der Waals surface area contributed by atoms with Gasteiger partial charge in [0.1, 0.15) is 0 Å². The second-order valence-corrected chi connectivity index (χ2v) is 4.05. The summed E-state index contributed by atoms with van der Waals surface area (Å²) in [5.41, 5.74) is 5.49. The van der Waals surface area contributed by atoms with E-state index in [1.165, 1.54) is 7.11 Å². The molecule has 0 spiro atoms. The fourth-order valence-electron chi connectivity index (χ4n) is 2.09. The molecule has 15 heavy (non-hydrogen) atoms. The van der Waals surface area contributed by atoms with Gasteiger partial charge in [0.25, 0.3) is 0 Å². The average Bonchev–Trinajstić information content (AvgIpc) is 2.27. The molecule has 5 heteroatoms. The number of hydrogen-bond donors (Lipinski definition) is 2. The second-order valence-electron chi connectivity index (χ2n) is 4.05. The van der Waals surface area contributed by atoms with Crippen molar-refractivity contribution < 1.29 is 9.53 Å². The van der Waals surface area contributed by atoms with Gasteiger partial charge in [-0.05, 0) is 19.3 Å². The van der Waals surface area contributed by atoms with Gasteiger partial charge in [-0.2, -0.15) is 0 Å². The number of ether oxygens (including phenoxy) is 1. The Labute approximate surface area is 90.1 Å². The molecule has 0 bridgehead atoms. The topological polar surface area (TPSA) is 79.4 Å². The van der Waals surface area contributed by atoms with Crippen LogP contribution >= 0.6 is 0 Å². The minimum absolute atomic E-state index is 0.121. The summed E-state index contributed by atoms with van der Waals surface area (Å²) in [7, 11) is 3.11. The van der Waals surface area contributed by atoms with E-state index in [1.807, 2.05) is 0 Å². The maximum Gasteiger partial charge on any atom is 0.409 e. The van der Waals surface area contributed by atoms with Crippen molar-refractivity contribution in [3.05, 3.63) is 0 Å². The van der Waals surface area contributed by atoms with Crippen molar-refractivity contribution >= 4 is 11.9 Å². The van der Waals surface area contributed by atoms with Gasteiger partial charge in [-0.15, -0.1) is 0 Å². The lowest BCUT2D eigenvalue weighted by molar-refractivity contribution is 0.104. The van der Waals surface area contributed by atoms with Gasteiger partial charge in [-0.1, -0.05) is 6.42 Å². The Balaban J connectivity index is 2.55. The van der Waals surface area contributed by atoms with E-state index in [1.54, 1.807) is 11.9 Å². The fourth-order valence-corrected chi connectivity index (χ4v) is 2.09. The first kappa shape index (κ1) is 11.8. The number of carbonyl (C=O) groups excluding carboxylic acids is 1. The number of nitrogens with one attached hydrogen (secondary N) is 1. The summed E-state index contributed by atoms with van der Waals surface area (Å²) >= 11 is 0. The summed E-state index contributed by atoms with van der Waals surface area (Å²) in [5, 5.41) is 7.42. The van der Waals surface area contributed by atoms with E-state index in [-0.39, 0.29) is 23.9 Å². The maximum atomic E-state index is 11.3. The molecule has 2 atom stereocenters. The molecule has 1 rings (SSSR count). The van der Waals surface area contributed by atoms with Gasteiger partial charge in [-0.25, -0.2) is 4.79 Å². The van der Waals surface area contributed by atoms with Crippen LogP contribution in [0.15, 0.2) is 0 Å². The third kappa shape index (κ3) is 2.84. The number of nitrogens with zero attached hydrogens (tertiary/aromatic N) is 1. The zero-order chi connectivity index (χ0) is 11.4. The Morgan fingerprint density at radius 3 is 2.73 bits per heavy atom. The molecule has 3 N–H and O–H groups in total. The van der Waals surface area contributed by atoms with Crippen LogP contribution < -0.4 is 5.73 Å². The summed E-state index contributed by atoms with van der Waals surface area (Å²) in [4.78, 5) is 12.9.